The van der Waals surface area contributed by atoms with Crippen molar-refractivity contribution in [2.75, 3.05) is 24.6 Å². The zero-order valence-corrected chi connectivity index (χ0v) is 7.86. The molecule has 2 aliphatic heterocycles. The molecule has 0 aromatic rings. The van der Waals surface area contributed by atoms with E-state index in [2.05, 4.69) is 28.9 Å². The molecule has 0 spiro atoms. The number of allylic oxidation sites excluding steroid dienone is 2. The highest BCUT2D eigenvalue weighted by molar-refractivity contribution is 7.99. The number of thioether (sulfide) groups is 1. The van der Waals surface area contributed by atoms with Crippen LogP contribution >= 0.6 is 11.8 Å². The van der Waals surface area contributed by atoms with Crippen molar-refractivity contribution < 1.29 is 0 Å². The number of dihydropyridines is 1. The Morgan fingerprint density at radius 2 is 2.50 bits per heavy atom. The third kappa shape index (κ3) is 1.84. The van der Waals surface area contributed by atoms with Crippen molar-refractivity contribution in [3.63, 3.8) is 0 Å². The lowest BCUT2D eigenvalue weighted by Gasteiger charge is -2.27. The second-order valence-corrected chi connectivity index (χ2v) is 4.16. The van der Waals surface area contributed by atoms with Gasteiger partial charge in [0.25, 0.3) is 0 Å². The van der Waals surface area contributed by atoms with Crippen LogP contribution in [0.1, 0.15) is 0 Å². The molecule has 66 valence electrons. The van der Waals surface area contributed by atoms with E-state index in [0.29, 0.717) is 6.04 Å². The molecule has 1 unspecified atom stereocenters. The second-order valence-electron chi connectivity index (χ2n) is 3.01. The van der Waals surface area contributed by atoms with Crippen LogP contribution in [0, 0.1) is 0 Å². The summed E-state index contributed by atoms with van der Waals surface area (Å²) >= 11 is 2.03. The summed E-state index contributed by atoms with van der Waals surface area (Å²) in [6.45, 7) is 2.12. The SMILES string of the molecule is C1=CCNC(C2CSCCN2)=C1. The summed E-state index contributed by atoms with van der Waals surface area (Å²) in [6, 6.07) is 0.550. The molecule has 12 heavy (non-hydrogen) atoms. The zero-order valence-electron chi connectivity index (χ0n) is 7.05. The van der Waals surface area contributed by atoms with Gasteiger partial charge in [0.15, 0.2) is 0 Å². The summed E-state index contributed by atoms with van der Waals surface area (Å²) < 4.78 is 0. The highest BCUT2D eigenvalue weighted by Gasteiger charge is 2.16. The first kappa shape index (κ1) is 8.20. The molecule has 1 saturated heterocycles. The van der Waals surface area contributed by atoms with E-state index in [9.17, 15) is 0 Å². The Balaban J connectivity index is 1.97. The molecule has 0 aromatic carbocycles. The fourth-order valence-corrected chi connectivity index (χ4v) is 2.44. The maximum absolute atomic E-state index is 3.50. The summed E-state index contributed by atoms with van der Waals surface area (Å²) in [5, 5.41) is 6.89. The highest BCUT2D eigenvalue weighted by atomic mass is 32.2. The van der Waals surface area contributed by atoms with Crippen molar-refractivity contribution in [1.82, 2.24) is 10.6 Å². The first-order chi connectivity index (χ1) is 5.97. The van der Waals surface area contributed by atoms with Crippen molar-refractivity contribution in [2.45, 2.75) is 6.04 Å². The number of nitrogens with one attached hydrogen (secondary N) is 2. The summed E-state index contributed by atoms with van der Waals surface area (Å²) in [6.07, 6.45) is 6.44. The molecule has 2 aliphatic rings. The molecule has 3 heteroatoms. The van der Waals surface area contributed by atoms with Crippen LogP contribution in [0.3, 0.4) is 0 Å². The Kier molecular flexibility index (Phi) is 2.74. The first-order valence-electron chi connectivity index (χ1n) is 4.38. The molecule has 2 heterocycles. The van der Waals surface area contributed by atoms with E-state index in [-0.39, 0.29) is 0 Å². The van der Waals surface area contributed by atoms with E-state index in [1.165, 1.54) is 17.2 Å². The fourth-order valence-electron chi connectivity index (χ4n) is 1.48. The molecule has 1 fully saturated rings. The van der Waals surface area contributed by atoms with Gasteiger partial charge in [-0.1, -0.05) is 12.2 Å². The summed E-state index contributed by atoms with van der Waals surface area (Å²) in [7, 11) is 0. The molecule has 0 saturated carbocycles. The lowest BCUT2D eigenvalue weighted by molar-refractivity contribution is 0.592. The normalized spacial score (nSPS) is 29.3. The predicted octanol–water partition coefficient (Wildman–Crippen LogP) is 0.735. The van der Waals surface area contributed by atoms with Crippen molar-refractivity contribution in [3.8, 4) is 0 Å². The zero-order chi connectivity index (χ0) is 8.23. The molecule has 0 aliphatic carbocycles. The average molecular weight is 182 g/mol. The van der Waals surface area contributed by atoms with Crippen molar-refractivity contribution >= 4 is 11.8 Å². The number of hydrogen-bond donors (Lipinski definition) is 2. The molecular formula is C9H14N2S. The van der Waals surface area contributed by atoms with Crippen LogP contribution in [0.5, 0.6) is 0 Å². The lowest BCUT2D eigenvalue weighted by Crippen LogP contribution is -2.43. The maximum Gasteiger partial charge on any atom is 0.0561 e. The van der Waals surface area contributed by atoms with Gasteiger partial charge in [0.1, 0.15) is 0 Å². The Labute approximate surface area is 77.5 Å². The summed E-state index contributed by atoms with van der Waals surface area (Å²) in [5.41, 5.74) is 1.35. The average Bonchev–Trinajstić information content (AvgIpc) is 2.21. The van der Waals surface area contributed by atoms with Gasteiger partial charge in [-0.2, -0.15) is 11.8 Å². The van der Waals surface area contributed by atoms with Crippen LogP contribution in [0.25, 0.3) is 0 Å². The topological polar surface area (TPSA) is 24.1 Å². The third-order valence-electron chi connectivity index (χ3n) is 2.13. The monoisotopic (exact) mass is 182 g/mol. The maximum atomic E-state index is 3.50. The van der Waals surface area contributed by atoms with E-state index in [1.54, 1.807) is 0 Å². The van der Waals surface area contributed by atoms with E-state index in [0.717, 1.165) is 13.1 Å². The molecule has 0 aromatic heterocycles. The van der Waals surface area contributed by atoms with Crippen LogP contribution in [0.4, 0.5) is 0 Å². The highest BCUT2D eigenvalue weighted by Crippen LogP contribution is 2.13. The van der Waals surface area contributed by atoms with Crippen LogP contribution in [0.2, 0.25) is 0 Å². The Morgan fingerprint density at radius 3 is 3.17 bits per heavy atom. The second kappa shape index (κ2) is 4.01. The minimum atomic E-state index is 0.550. The largest absolute Gasteiger partial charge is 0.384 e. The lowest BCUT2D eigenvalue weighted by atomic mass is 10.2. The molecule has 0 radical (unpaired) electrons. The van der Waals surface area contributed by atoms with E-state index < -0.39 is 0 Å². The molecule has 1 atom stereocenters. The van der Waals surface area contributed by atoms with Crippen molar-refractivity contribution in [1.29, 1.82) is 0 Å². The quantitative estimate of drug-likeness (QED) is 0.625. The van der Waals surface area contributed by atoms with Gasteiger partial charge in [-0.25, -0.2) is 0 Å². The molecule has 0 bridgehead atoms. The minimum absolute atomic E-state index is 0.550. The molecule has 2 nitrogen and oxygen atoms in total. The van der Waals surface area contributed by atoms with Crippen LogP contribution in [0.15, 0.2) is 23.9 Å². The van der Waals surface area contributed by atoms with Crippen LogP contribution in [-0.2, 0) is 0 Å². The molecular weight excluding hydrogens is 168 g/mol. The van der Waals surface area contributed by atoms with Gasteiger partial charge in [-0.05, 0) is 6.08 Å². The van der Waals surface area contributed by atoms with Crippen LogP contribution < -0.4 is 10.6 Å². The standard InChI is InChI=1S/C9H14N2S/c1-2-4-10-8(3-1)9-7-12-6-5-11-9/h1-3,9-11H,4-7H2. The first-order valence-corrected chi connectivity index (χ1v) is 5.54. The van der Waals surface area contributed by atoms with E-state index >= 15 is 0 Å². The smallest absolute Gasteiger partial charge is 0.0561 e. The molecule has 2 rings (SSSR count). The van der Waals surface area contributed by atoms with E-state index in [4.69, 9.17) is 0 Å². The van der Waals surface area contributed by atoms with Gasteiger partial charge < -0.3 is 10.6 Å². The van der Waals surface area contributed by atoms with Crippen molar-refractivity contribution in [2.24, 2.45) is 0 Å². The predicted molar refractivity (Wildman–Crippen MR) is 54.3 cm³/mol. The van der Waals surface area contributed by atoms with Crippen LogP contribution in [-0.4, -0.2) is 30.6 Å². The number of rotatable bonds is 1. The Bertz CT molecular complexity index is 205. The van der Waals surface area contributed by atoms with Gasteiger partial charge >= 0.3 is 0 Å². The third-order valence-corrected chi connectivity index (χ3v) is 3.19. The Morgan fingerprint density at radius 1 is 1.50 bits per heavy atom. The van der Waals surface area contributed by atoms with Gasteiger partial charge in [0.2, 0.25) is 0 Å². The molecule has 2 N–H and O–H groups in total. The summed E-state index contributed by atoms with van der Waals surface area (Å²) in [5.74, 6) is 2.45. The van der Waals surface area contributed by atoms with Gasteiger partial charge in [-0.15, -0.1) is 0 Å². The molecule has 0 amide bonds. The van der Waals surface area contributed by atoms with Gasteiger partial charge in [0, 0.05) is 30.3 Å². The summed E-state index contributed by atoms with van der Waals surface area (Å²) in [4.78, 5) is 0. The Hall–Kier alpha value is -0.410. The van der Waals surface area contributed by atoms with Crippen molar-refractivity contribution in [3.05, 3.63) is 23.9 Å². The minimum Gasteiger partial charge on any atom is -0.384 e. The number of hydrogen-bond acceptors (Lipinski definition) is 3. The van der Waals surface area contributed by atoms with Gasteiger partial charge in [0.05, 0.1) is 6.04 Å². The van der Waals surface area contributed by atoms with Gasteiger partial charge in [-0.3, -0.25) is 0 Å². The fraction of sp³-hybridized carbons (Fsp3) is 0.556. The van der Waals surface area contributed by atoms with E-state index in [1.807, 2.05) is 11.8 Å².